The molecule has 0 spiro atoms. The fourth-order valence-corrected chi connectivity index (χ4v) is 4.25. The van der Waals surface area contributed by atoms with Crippen LogP contribution in [0.3, 0.4) is 0 Å². The topological polar surface area (TPSA) is 78.1 Å². The zero-order chi connectivity index (χ0) is 20.1. The first-order chi connectivity index (χ1) is 14.2. The number of hydrogen-bond donors (Lipinski definition) is 2. The highest BCUT2D eigenvalue weighted by atomic mass is 32.2. The molecule has 0 radical (unpaired) electrons. The Balaban J connectivity index is 1.24. The Bertz CT molecular complexity index is 960. The molecule has 0 unspecified atom stereocenters. The molecule has 2 N–H and O–H groups in total. The van der Waals surface area contributed by atoms with Crippen molar-refractivity contribution in [1.29, 1.82) is 0 Å². The number of likely N-dealkylation sites (tertiary alicyclic amines) is 1. The number of carbonyl (C=O) groups excluding carboxylic acids is 2. The van der Waals surface area contributed by atoms with E-state index in [0.29, 0.717) is 18.5 Å². The van der Waals surface area contributed by atoms with E-state index in [2.05, 4.69) is 15.3 Å². The van der Waals surface area contributed by atoms with Gasteiger partial charge in [0.1, 0.15) is 0 Å². The molecule has 0 atom stereocenters. The van der Waals surface area contributed by atoms with E-state index in [4.69, 9.17) is 0 Å². The van der Waals surface area contributed by atoms with Crippen LogP contribution in [0.4, 0.5) is 0 Å². The number of imidazole rings is 1. The van der Waals surface area contributed by atoms with Crippen molar-refractivity contribution >= 4 is 34.6 Å². The van der Waals surface area contributed by atoms with Crippen LogP contribution in [0.5, 0.6) is 0 Å². The van der Waals surface area contributed by atoms with Gasteiger partial charge in [-0.05, 0) is 42.7 Å². The van der Waals surface area contributed by atoms with Gasteiger partial charge in [0.15, 0.2) is 5.16 Å². The van der Waals surface area contributed by atoms with Crippen LogP contribution in [-0.2, 0) is 10.5 Å². The summed E-state index contributed by atoms with van der Waals surface area (Å²) in [5.74, 6) is 0.753. The van der Waals surface area contributed by atoms with E-state index in [0.717, 1.165) is 53.4 Å². The van der Waals surface area contributed by atoms with Gasteiger partial charge in [0.2, 0.25) is 5.91 Å². The molecular formula is C22H24N4O2S. The summed E-state index contributed by atoms with van der Waals surface area (Å²) in [4.78, 5) is 34.0. The van der Waals surface area contributed by atoms with Crippen molar-refractivity contribution in [1.82, 2.24) is 20.2 Å². The third kappa shape index (κ3) is 4.98. The number of amides is 2. The molecule has 1 aliphatic heterocycles. The number of aromatic nitrogens is 2. The third-order valence-electron chi connectivity index (χ3n) is 5.04. The second-order valence-corrected chi connectivity index (χ2v) is 8.10. The number of carbonyl (C=O) groups is 2. The average Bonchev–Trinajstić information content (AvgIpc) is 3.42. The summed E-state index contributed by atoms with van der Waals surface area (Å²) < 4.78 is 0. The molecule has 29 heavy (non-hydrogen) atoms. The fraction of sp³-hybridized carbons (Fsp3) is 0.318. The maximum absolute atomic E-state index is 12.3. The first-order valence-electron chi connectivity index (χ1n) is 9.91. The van der Waals surface area contributed by atoms with E-state index in [9.17, 15) is 9.59 Å². The van der Waals surface area contributed by atoms with Crippen molar-refractivity contribution in [3.63, 3.8) is 0 Å². The number of benzene rings is 2. The average molecular weight is 409 g/mol. The Hall–Kier alpha value is -2.80. The molecule has 2 heterocycles. The number of hydrogen-bond acceptors (Lipinski definition) is 4. The molecule has 0 aliphatic carbocycles. The van der Waals surface area contributed by atoms with Crippen LogP contribution in [0.2, 0.25) is 0 Å². The molecule has 6 nitrogen and oxygen atoms in total. The van der Waals surface area contributed by atoms with Crippen LogP contribution in [0.1, 0.15) is 35.2 Å². The molecule has 3 aromatic rings. The molecule has 0 bridgehead atoms. The first kappa shape index (κ1) is 19.5. The predicted octanol–water partition coefficient (Wildman–Crippen LogP) is 3.60. The Kier molecular flexibility index (Phi) is 6.14. The zero-order valence-electron chi connectivity index (χ0n) is 16.2. The van der Waals surface area contributed by atoms with E-state index >= 15 is 0 Å². The van der Waals surface area contributed by atoms with Gasteiger partial charge in [-0.15, -0.1) is 0 Å². The van der Waals surface area contributed by atoms with E-state index in [1.807, 2.05) is 53.4 Å². The zero-order valence-corrected chi connectivity index (χ0v) is 17.0. The molecular weight excluding hydrogens is 384 g/mol. The molecule has 1 aromatic heterocycles. The monoisotopic (exact) mass is 408 g/mol. The van der Waals surface area contributed by atoms with Crippen molar-refractivity contribution in [2.75, 3.05) is 19.6 Å². The number of rotatable bonds is 7. The Morgan fingerprint density at radius 3 is 2.59 bits per heavy atom. The summed E-state index contributed by atoms with van der Waals surface area (Å²) in [5, 5.41) is 3.72. The predicted molar refractivity (Wildman–Crippen MR) is 115 cm³/mol. The lowest BCUT2D eigenvalue weighted by Gasteiger charge is -2.15. The van der Waals surface area contributed by atoms with Gasteiger partial charge < -0.3 is 15.2 Å². The smallest absolute Gasteiger partial charge is 0.251 e. The molecule has 0 saturated carbocycles. The van der Waals surface area contributed by atoms with Crippen LogP contribution in [-0.4, -0.2) is 46.3 Å². The number of nitrogens with zero attached hydrogens (tertiary/aromatic N) is 2. The summed E-state index contributed by atoms with van der Waals surface area (Å²) >= 11 is 1.63. The summed E-state index contributed by atoms with van der Waals surface area (Å²) in [5.41, 5.74) is 3.72. The Labute approximate surface area is 174 Å². The molecule has 1 aliphatic rings. The SMILES string of the molecule is O=C(NCCC(=O)N1CCCC1)c1ccc(CSc2nc3ccccc3[nH]2)cc1. The van der Waals surface area contributed by atoms with Crippen molar-refractivity contribution < 1.29 is 9.59 Å². The lowest BCUT2D eigenvalue weighted by atomic mass is 10.1. The maximum atomic E-state index is 12.3. The van der Waals surface area contributed by atoms with E-state index in [1.54, 1.807) is 11.8 Å². The number of aromatic amines is 1. The van der Waals surface area contributed by atoms with Crippen molar-refractivity contribution in [3.05, 3.63) is 59.7 Å². The Morgan fingerprint density at radius 2 is 1.83 bits per heavy atom. The highest BCUT2D eigenvalue weighted by molar-refractivity contribution is 7.98. The summed E-state index contributed by atoms with van der Waals surface area (Å²) in [6.45, 7) is 2.07. The third-order valence-corrected chi connectivity index (χ3v) is 5.99. The van der Waals surface area contributed by atoms with Crippen molar-refractivity contribution in [2.24, 2.45) is 0 Å². The minimum absolute atomic E-state index is 0.126. The molecule has 1 saturated heterocycles. The second-order valence-electron chi connectivity index (χ2n) is 7.14. The van der Waals surface area contributed by atoms with Crippen LogP contribution in [0.15, 0.2) is 53.7 Å². The molecule has 4 rings (SSSR count). The number of nitrogens with one attached hydrogen (secondary N) is 2. The van der Waals surface area contributed by atoms with Gasteiger partial charge in [0.05, 0.1) is 11.0 Å². The number of H-pyrrole nitrogens is 1. The molecule has 2 amide bonds. The maximum Gasteiger partial charge on any atom is 0.251 e. The van der Waals surface area contributed by atoms with Crippen molar-refractivity contribution in [3.8, 4) is 0 Å². The second kappa shape index (κ2) is 9.13. The standard InChI is InChI=1S/C22H24N4O2S/c27-20(26-13-3-4-14-26)11-12-23-21(28)17-9-7-16(8-10-17)15-29-22-24-18-5-1-2-6-19(18)25-22/h1-2,5-10H,3-4,11-15H2,(H,23,28)(H,24,25). The lowest BCUT2D eigenvalue weighted by Crippen LogP contribution is -2.32. The summed E-state index contributed by atoms with van der Waals surface area (Å²) in [7, 11) is 0. The largest absolute Gasteiger partial charge is 0.352 e. The van der Waals surface area contributed by atoms with Crippen molar-refractivity contribution in [2.45, 2.75) is 30.2 Å². The summed E-state index contributed by atoms with van der Waals surface area (Å²) in [6, 6.07) is 15.5. The van der Waals surface area contributed by atoms with Gasteiger partial charge >= 0.3 is 0 Å². The van der Waals surface area contributed by atoms with Gasteiger partial charge in [0, 0.05) is 37.4 Å². The molecule has 1 fully saturated rings. The van der Waals surface area contributed by atoms with Gasteiger partial charge in [-0.1, -0.05) is 36.0 Å². The van der Waals surface area contributed by atoms with Gasteiger partial charge in [0.25, 0.3) is 5.91 Å². The van der Waals surface area contributed by atoms with E-state index in [-0.39, 0.29) is 11.8 Å². The fourth-order valence-electron chi connectivity index (χ4n) is 3.41. The minimum atomic E-state index is -0.143. The molecule has 150 valence electrons. The molecule has 2 aromatic carbocycles. The number of thioether (sulfide) groups is 1. The lowest BCUT2D eigenvalue weighted by molar-refractivity contribution is -0.129. The number of para-hydroxylation sites is 2. The number of fused-ring (bicyclic) bond motifs is 1. The van der Waals surface area contributed by atoms with Gasteiger partial charge in [-0.25, -0.2) is 4.98 Å². The van der Waals surface area contributed by atoms with Gasteiger partial charge in [-0.3, -0.25) is 9.59 Å². The van der Waals surface area contributed by atoms with E-state index < -0.39 is 0 Å². The highest BCUT2D eigenvalue weighted by Crippen LogP contribution is 2.23. The van der Waals surface area contributed by atoms with Crippen LogP contribution in [0, 0.1) is 0 Å². The van der Waals surface area contributed by atoms with Crippen LogP contribution >= 0.6 is 11.8 Å². The van der Waals surface area contributed by atoms with E-state index in [1.165, 1.54) is 0 Å². The Morgan fingerprint density at radius 1 is 1.07 bits per heavy atom. The van der Waals surface area contributed by atoms with Crippen LogP contribution in [0.25, 0.3) is 11.0 Å². The minimum Gasteiger partial charge on any atom is -0.352 e. The van der Waals surface area contributed by atoms with Gasteiger partial charge in [-0.2, -0.15) is 0 Å². The summed E-state index contributed by atoms with van der Waals surface area (Å²) in [6.07, 6.45) is 2.52. The highest BCUT2D eigenvalue weighted by Gasteiger charge is 2.17. The normalized spacial score (nSPS) is 13.7. The quantitative estimate of drug-likeness (QED) is 0.586. The molecule has 7 heteroatoms. The van der Waals surface area contributed by atoms with Crippen LogP contribution < -0.4 is 5.32 Å². The first-order valence-corrected chi connectivity index (χ1v) is 10.9.